The van der Waals surface area contributed by atoms with Crippen molar-refractivity contribution in [2.24, 2.45) is 0 Å². The van der Waals surface area contributed by atoms with Crippen LogP contribution in [0.1, 0.15) is 303 Å². The van der Waals surface area contributed by atoms with Crippen LogP contribution >= 0.6 is 0 Å². The average Bonchev–Trinajstić information content (AvgIpc) is 3.28. The molecule has 2 unspecified atom stereocenters. The highest BCUT2D eigenvalue weighted by molar-refractivity contribution is 5.76. The molecule has 0 spiro atoms. The molecule has 0 radical (unpaired) electrons. The van der Waals surface area contributed by atoms with Crippen molar-refractivity contribution in [1.82, 2.24) is 5.32 Å². The summed E-state index contributed by atoms with van der Waals surface area (Å²) in [5.41, 5.74) is 0. The quantitative estimate of drug-likeness (QED) is 0.0321. The van der Waals surface area contributed by atoms with Crippen LogP contribution in [0.4, 0.5) is 0 Å². The van der Waals surface area contributed by atoms with Crippen LogP contribution in [0.2, 0.25) is 0 Å². The number of carbonyl (C=O) groups excluding carboxylic acids is 2. The Bertz CT molecular complexity index is 982. The molecule has 0 aromatic carbocycles. The minimum atomic E-state index is -0.851. The molecular formula is C57H109NO5. The van der Waals surface area contributed by atoms with E-state index in [0.717, 1.165) is 57.8 Å². The second kappa shape index (κ2) is 53.0. The van der Waals surface area contributed by atoms with Crippen LogP contribution in [-0.4, -0.2) is 47.4 Å². The van der Waals surface area contributed by atoms with Gasteiger partial charge in [-0.05, 0) is 57.8 Å². The first kappa shape index (κ1) is 61.3. The van der Waals surface area contributed by atoms with Crippen molar-refractivity contribution in [2.75, 3.05) is 13.2 Å². The van der Waals surface area contributed by atoms with Crippen LogP contribution in [0.25, 0.3) is 0 Å². The van der Waals surface area contributed by atoms with Gasteiger partial charge < -0.3 is 20.3 Å². The van der Waals surface area contributed by atoms with Gasteiger partial charge in [-0.25, -0.2) is 0 Å². The number of carbonyl (C=O) groups is 2. The second-order valence-electron chi connectivity index (χ2n) is 19.3. The van der Waals surface area contributed by atoms with Gasteiger partial charge in [0.05, 0.1) is 25.4 Å². The van der Waals surface area contributed by atoms with Gasteiger partial charge in [0.15, 0.2) is 0 Å². The van der Waals surface area contributed by atoms with E-state index < -0.39 is 12.1 Å². The molecular weight excluding hydrogens is 779 g/mol. The number of allylic oxidation sites excluding steroid dienone is 3. The second-order valence-corrected chi connectivity index (χ2v) is 19.3. The molecule has 63 heavy (non-hydrogen) atoms. The van der Waals surface area contributed by atoms with Crippen molar-refractivity contribution in [3.8, 4) is 0 Å². The van der Waals surface area contributed by atoms with Gasteiger partial charge in [-0.1, -0.05) is 256 Å². The van der Waals surface area contributed by atoms with Crippen molar-refractivity contribution >= 4 is 11.9 Å². The van der Waals surface area contributed by atoms with E-state index in [2.05, 4.69) is 31.3 Å². The number of amides is 1. The molecule has 0 aromatic heterocycles. The van der Waals surface area contributed by atoms with Gasteiger partial charge in [0.1, 0.15) is 0 Å². The van der Waals surface area contributed by atoms with Gasteiger partial charge in [-0.15, -0.1) is 0 Å². The van der Waals surface area contributed by atoms with Crippen LogP contribution in [0, 0.1) is 0 Å². The molecule has 1 amide bonds. The highest BCUT2D eigenvalue weighted by atomic mass is 16.5. The van der Waals surface area contributed by atoms with Gasteiger partial charge in [0, 0.05) is 12.8 Å². The Morgan fingerprint density at radius 2 is 0.746 bits per heavy atom. The molecule has 0 aliphatic rings. The van der Waals surface area contributed by atoms with Gasteiger partial charge in [0.25, 0.3) is 0 Å². The molecule has 3 N–H and O–H groups in total. The number of rotatable bonds is 52. The Morgan fingerprint density at radius 3 is 1.13 bits per heavy atom. The molecule has 0 aromatic rings. The third-order valence-electron chi connectivity index (χ3n) is 13.0. The fraction of sp³-hybridized carbons (Fsp3) is 0.895. The number of esters is 1. The van der Waals surface area contributed by atoms with Gasteiger partial charge >= 0.3 is 5.97 Å². The molecule has 0 heterocycles. The Hall–Kier alpha value is -1.66. The summed E-state index contributed by atoms with van der Waals surface area (Å²) in [5.74, 6) is -0.0842. The van der Waals surface area contributed by atoms with Crippen LogP contribution in [0.15, 0.2) is 24.3 Å². The Kier molecular flexibility index (Phi) is 51.6. The van der Waals surface area contributed by atoms with E-state index in [1.54, 1.807) is 6.08 Å². The fourth-order valence-corrected chi connectivity index (χ4v) is 8.63. The van der Waals surface area contributed by atoms with E-state index in [0.29, 0.717) is 19.4 Å². The number of hydrogen-bond donors (Lipinski definition) is 3. The zero-order valence-corrected chi connectivity index (χ0v) is 42.3. The molecule has 0 bridgehead atoms. The van der Waals surface area contributed by atoms with Crippen LogP contribution < -0.4 is 5.32 Å². The van der Waals surface area contributed by atoms with Crippen molar-refractivity contribution in [2.45, 2.75) is 315 Å². The van der Waals surface area contributed by atoms with Crippen LogP contribution in [0.3, 0.4) is 0 Å². The lowest BCUT2D eigenvalue weighted by Crippen LogP contribution is -2.45. The Balaban J connectivity index is 3.46. The number of ether oxygens (including phenoxy) is 1. The normalized spacial score (nSPS) is 12.8. The number of hydrogen-bond acceptors (Lipinski definition) is 5. The van der Waals surface area contributed by atoms with E-state index in [9.17, 15) is 19.8 Å². The monoisotopic (exact) mass is 888 g/mol. The van der Waals surface area contributed by atoms with E-state index >= 15 is 0 Å². The third-order valence-corrected chi connectivity index (χ3v) is 13.0. The first-order chi connectivity index (χ1) is 31.0. The Morgan fingerprint density at radius 1 is 0.429 bits per heavy atom. The average molecular weight is 889 g/mol. The molecule has 0 aliphatic heterocycles. The number of aliphatic hydroxyl groups excluding tert-OH is 2. The number of unbranched alkanes of at least 4 members (excludes halogenated alkanes) is 39. The van der Waals surface area contributed by atoms with E-state index in [-0.39, 0.29) is 18.5 Å². The molecule has 0 saturated heterocycles. The minimum Gasteiger partial charge on any atom is -0.466 e. The third kappa shape index (κ3) is 49.6. The standard InChI is InChI=1S/C57H109NO5/c1-3-5-7-9-11-13-15-17-19-20-22-27-31-35-39-43-47-51-57(62)63-52-48-44-40-36-32-28-24-23-26-30-34-38-42-46-50-56(61)58-54(53-59)55(60)49-45-41-37-33-29-25-21-18-16-14-12-10-8-6-4-2/h17,19,45,49,54-55,59-60H,3-16,18,20-44,46-48,50-53H2,1-2H3,(H,58,61)/b19-17-,49-45+. The first-order valence-electron chi connectivity index (χ1n) is 28.1. The van der Waals surface area contributed by atoms with Crippen LogP contribution in [0.5, 0.6) is 0 Å². The fourth-order valence-electron chi connectivity index (χ4n) is 8.63. The molecule has 6 heteroatoms. The summed E-state index contributed by atoms with van der Waals surface area (Å²) in [5, 5.41) is 23.1. The lowest BCUT2D eigenvalue weighted by Gasteiger charge is -2.20. The molecule has 0 rings (SSSR count). The predicted octanol–water partition coefficient (Wildman–Crippen LogP) is 17.1. The summed E-state index contributed by atoms with van der Waals surface area (Å²) >= 11 is 0. The van der Waals surface area contributed by atoms with Crippen molar-refractivity contribution < 1.29 is 24.5 Å². The maximum Gasteiger partial charge on any atom is 0.305 e. The predicted molar refractivity (Wildman–Crippen MR) is 273 cm³/mol. The highest BCUT2D eigenvalue weighted by Crippen LogP contribution is 2.16. The molecule has 0 saturated carbocycles. The minimum absolute atomic E-state index is 0.00664. The molecule has 6 nitrogen and oxygen atoms in total. The molecule has 372 valence electrons. The summed E-state index contributed by atoms with van der Waals surface area (Å²) < 4.78 is 5.48. The summed E-state index contributed by atoms with van der Waals surface area (Å²) in [7, 11) is 0. The first-order valence-corrected chi connectivity index (χ1v) is 28.1. The summed E-state index contributed by atoms with van der Waals surface area (Å²) in [6.45, 7) is 4.88. The topological polar surface area (TPSA) is 95.9 Å². The lowest BCUT2D eigenvalue weighted by molar-refractivity contribution is -0.143. The summed E-state index contributed by atoms with van der Waals surface area (Å²) in [4.78, 5) is 24.5. The largest absolute Gasteiger partial charge is 0.466 e. The maximum absolute atomic E-state index is 12.4. The van der Waals surface area contributed by atoms with Gasteiger partial charge in [-0.2, -0.15) is 0 Å². The molecule has 0 aliphatic carbocycles. The zero-order chi connectivity index (χ0) is 45.8. The molecule has 2 atom stereocenters. The lowest BCUT2D eigenvalue weighted by atomic mass is 10.0. The summed E-state index contributed by atoms with van der Waals surface area (Å²) in [6.07, 6.45) is 63.3. The summed E-state index contributed by atoms with van der Waals surface area (Å²) in [6, 6.07) is -0.635. The van der Waals surface area contributed by atoms with E-state index in [1.807, 2.05) is 6.08 Å². The van der Waals surface area contributed by atoms with Gasteiger partial charge in [0.2, 0.25) is 5.91 Å². The van der Waals surface area contributed by atoms with Crippen LogP contribution in [-0.2, 0) is 14.3 Å². The maximum atomic E-state index is 12.4. The highest BCUT2D eigenvalue weighted by Gasteiger charge is 2.18. The molecule has 0 fully saturated rings. The smallest absolute Gasteiger partial charge is 0.305 e. The Labute approximate surface area is 392 Å². The van der Waals surface area contributed by atoms with Crippen molar-refractivity contribution in [1.29, 1.82) is 0 Å². The van der Waals surface area contributed by atoms with Crippen molar-refractivity contribution in [3.63, 3.8) is 0 Å². The van der Waals surface area contributed by atoms with Crippen molar-refractivity contribution in [3.05, 3.63) is 24.3 Å². The number of aliphatic hydroxyl groups is 2. The SMILES string of the molecule is CCCCCCCC/C=C\CCCCCCCCCC(=O)OCCCCCCCCCCCCCCCCC(=O)NC(CO)C(O)/C=C/CCCCCCCCCCCCCCC. The number of nitrogens with one attached hydrogen (secondary N) is 1. The van der Waals surface area contributed by atoms with Gasteiger partial charge in [-0.3, -0.25) is 9.59 Å². The van der Waals surface area contributed by atoms with E-state index in [4.69, 9.17) is 4.74 Å². The van der Waals surface area contributed by atoms with E-state index in [1.165, 1.54) is 218 Å². The zero-order valence-electron chi connectivity index (χ0n) is 42.3.